The number of thiazole rings is 1. The molecule has 5 aromatic rings. The number of alkyl halides is 3. The van der Waals surface area contributed by atoms with E-state index in [2.05, 4.69) is 5.10 Å². The number of hydrogen-bond acceptors (Lipinski definition) is 4. The molecule has 1 heterocycles. The smallest absolute Gasteiger partial charge is 0.416 e. The van der Waals surface area contributed by atoms with Crippen LogP contribution in [0.2, 0.25) is 5.02 Å². The lowest BCUT2D eigenvalue weighted by molar-refractivity contribution is -0.137. The topological polar surface area (TPSA) is 38.9 Å². The summed E-state index contributed by atoms with van der Waals surface area (Å²) in [6, 6.07) is 25.4. The summed E-state index contributed by atoms with van der Waals surface area (Å²) in [5.41, 5.74) is 3.74. The van der Waals surface area contributed by atoms with E-state index < -0.39 is 11.7 Å². The second kappa shape index (κ2) is 11.5. The van der Waals surface area contributed by atoms with Crippen LogP contribution in [0.25, 0.3) is 11.3 Å². The van der Waals surface area contributed by atoms with Crippen LogP contribution in [0, 0.1) is 13.8 Å². The number of aryl methyl sites for hydroxylation is 1. The normalized spacial score (nSPS) is 12.3. The molecular weight excluding hydrogens is 555 g/mol. The lowest BCUT2D eigenvalue weighted by Crippen LogP contribution is -2.12. The van der Waals surface area contributed by atoms with Gasteiger partial charge in [0.25, 0.3) is 0 Å². The molecule has 1 aromatic heterocycles. The first-order valence-corrected chi connectivity index (χ1v) is 13.5. The molecule has 40 heavy (non-hydrogen) atoms. The molecule has 4 nitrogen and oxygen atoms in total. The van der Waals surface area contributed by atoms with E-state index in [1.54, 1.807) is 46.6 Å². The second-order valence-electron chi connectivity index (χ2n) is 9.00. The molecular formula is C31H23ClF3N3OS. The summed E-state index contributed by atoms with van der Waals surface area (Å²) in [4.78, 5) is 5.34. The van der Waals surface area contributed by atoms with Crippen LogP contribution in [0.1, 0.15) is 22.3 Å². The average Bonchev–Trinajstić information content (AvgIpc) is 3.33. The molecule has 0 fully saturated rings. The summed E-state index contributed by atoms with van der Waals surface area (Å²) in [7, 11) is 0. The minimum atomic E-state index is -4.46. The van der Waals surface area contributed by atoms with Crippen LogP contribution in [0.5, 0.6) is 11.5 Å². The third-order valence-corrected chi connectivity index (χ3v) is 7.26. The highest BCUT2D eigenvalue weighted by atomic mass is 35.5. The Balaban J connectivity index is 1.57. The standard InChI is InChI=1S/C31H23ClF3N3OS/c1-20-6-3-11-28(21(20)2)37-30-38(29(19-40-30)23-8-5-9-24(17-23)31(33,34)35)36-18-22-7-4-10-27(16-22)39-26-14-12-25(32)13-15-26/h3-19H,1-2H3. The van der Waals surface area contributed by atoms with Gasteiger partial charge in [-0.15, -0.1) is 11.3 Å². The summed E-state index contributed by atoms with van der Waals surface area (Å²) in [5.74, 6) is 1.23. The van der Waals surface area contributed by atoms with Crippen LogP contribution in [-0.4, -0.2) is 10.9 Å². The largest absolute Gasteiger partial charge is 0.457 e. The molecule has 0 radical (unpaired) electrons. The Hall–Kier alpha value is -4.14. The van der Waals surface area contributed by atoms with Gasteiger partial charge in [0.05, 0.1) is 23.2 Å². The molecule has 0 saturated carbocycles. The van der Waals surface area contributed by atoms with E-state index in [1.165, 1.54) is 17.4 Å². The molecule has 0 amide bonds. The third-order valence-electron chi connectivity index (χ3n) is 6.19. The van der Waals surface area contributed by atoms with Crippen molar-refractivity contribution >= 4 is 34.8 Å². The van der Waals surface area contributed by atoms with Crippen LogP contribution in [0.15, 0.2) is 106 Å². The fourth-order valence-corrected chi connectivity index (χ4v) is 4.90. The van der Waals surface area contributed by atoms with E-state index in [0.717, 1.165) is 34.5 Å². The summed E-state index contributed by atoms with van der Waals surface area (Å²) in [6.45, 7) is 3.98. The second-order valence-corrected chi connectivity index (χ2v) is 10.3. The number of hydrogen-bond donors (Lipinski definition) is 0. The van der Waals surface area contributed by atoms with Crippen molar-refractivity contribution in [1.82, 2.24) is 4.68 Å². The summed E-state index contributed by atoms with van der Waals surface area (Å²) in [6.07, 6.45) is -2.84. The Morgan fingerprint density at radius 3 is 2.40 bits per heavy atom. The fourth-order valence-electron chi connectivity index (χ4n) is 3.92. The first kappa shape index (κ1) is 27.4. The van der Waals surface area contributed by atoms with Crippen molar-refractivity contribution in [2.75, 3.05) is 0 Å². The first-order valence-electron chi connectivity index (χ1n) is 12.2. The Labute approximate surface area is 238 Å². The van der Waals surface area contributed by atoms with Gasteiger partial charge in [-0.25, -0.2) is 9.67 Å². The zero-order valence-corrected chi connectivity index (χ0v) is 23.1. The maximum atomic E-state index is 13.5. The zero-order chi connectivity index (χ0) is 28.3. The van der Waals surface area contributed by atoms with Crippen LogP contribution < -0.4 is 9.54 Å². The Morgan fingerprint density at radius 1 is 0.875 bits per heavy atom. The highest BCUT2D eigenvalue weighted by Crippen LogP contribution is 2.32. The van der Waals surface area contributed by atoms with Crippen molar-refractivity contribution in [3.63, 3.8) is 0 Å². The van der Waals surface area contributed by atoms with Crippen molar-refractivity contribution in [1.29, 1.82) is 0 Å². The molecule has 0 aliphatic heterocycles. The lowest BCUT2D eigenvalue weighted by atomic mass is 10.1. The lowest BCUT2D eigenvalue weighted by Gasteiger charge is -2.09. The average molecular weight is 578 g/mol. The van der Waals surface area contributed by atoms with Gasteiger partial charge in [0.1, 0.15) is 11.5 Å². The highest BCUT2D eigenvalue weighted by molar-refractivity contribution is 7.07. The van der Waals surface area contributed by atoms with E-state index in [9.17, 15) is 13.2 Å². The Kier molecular flexibility index (Phi) is 7.91. The molecule has 0 N–H and O–H groups in total. The molecule has 0 spiro atoms. The number of aromatic nitrogens is 1. The van der Waals surface area contributed by atoms with Gasteiger partial charge >= 0.3 is 6.18 Å². The quantitative estimate of drug-likeness (QED) is 0.185. The van der Waals surface area contributed by atoms with Gasteiger partial charge in [-0.3, -0.25) is 0 Å². The van der Waals surface area contributed by atoms with Crippen molar-refractivity contribution in [3.8, 4) is 22.8 Å². The van der Waals surface area contributed by atoms with Gasteiger partial charge in [0.15, 0.2) is 0 Å². The monoisotopic (exact) mass is 577 g/mol. The van der Waals surface area contributed by atoms with Crippen molar-refractivity contribution in [2.45, 2.75) is 20.0 Å². The molecule has 0 unspecified atom stereocenters. The third kappa shape index (κ3) is 6.35. The fraction of sp³-hybridized carbons (Fsp3) is 0.0968. The number of nitrogens with zero attached hydrogens (tertiary/aromatic N) is 3. The predicted molar refractivity (Wildman–Crippen MR) is 155 cm³/mol. The molecule has 9 heteroatoms. The number of halogens is 4. The van der Waals surface area contributed by atoms with E-state index in [0.29, 0.717) is 32.6 Å². The zero-order valence-electron chi connectivity index (χ0n) is 21.5. The van der Waals surface area contributed by atoms with Crippen LogP contribution in [0.3, 0.4) is 0 Å². The molecule has 5 rings (SSSR count). The van der Waals surface area contributed by atoms with Gasteiger partial charge in [0.2, 0.25) is 4.80 Å². The van der Waals surface area contributed by atoms with Gasteiger partial charge in [-0.2, -0.15) is 18.3 Å². The predicted octanol–water partition coefficient (Wildman–Crippen LogP) is 9.41. The van der Waals surface area contributed by atoms with E-state index in [-0.39, 0.29) is 0 Å². The van der Waals surface area contributed by atoms with E-state index in [1.807, 2.05) is 56.3 Å². The van der Waals surface area contributed by atoms with Gasteiger partial charge < -0.3 is 4.74 Å². The SMILES string of the molecule is Cc1cccc(N=c2scc(-c3cccc(C(F)(F)F)c3)n2N=Cc2cccc(Oc3ccc(Cl)cc3)c2)c1C. The maximum Gasteiger partial charge on any atom is 0.416 e. The number of ether oxygens (including phenoxy) is 1. The van der Waals surface area contributed by atoms with Crippen LogP contribution in [0.4, 0.5) is 18.9 Å². The molecule has 0 atom stereocenters. The Morgan fingerprint density at radius 2 is 1.62 bits per heavy atom. The Bertz CT molecular complexity index is 1760. The minimum Gasteiger partial charge on any atom is -0.457 e. The van der Waals surface area contributed by atoms with Gasteiger partial charge in [0, 0.05) is 16.0 Å². The van der Waals surface area contributed by atoms with Crippen LogP contribution >= 0.6 is 22.9 Å². The van der Waals surface area contributed by atoms with Gasteiger partial charge in [-0.05, 0) is 85.1 Å². The number of rotatable bonds is 6. The maximum absolute atomic E-state index is 13.5. The van der Waals surface area contributed by atoms with Crippen LogP contribution in [-0.2, 0) is 6.18 Å². The summed E-state index contributed by atoms with van der Waals surface area (Å²) >= 11 is 7.26. The van der Waals surface area contributed by atoms with E-state index in [4.69, 9.17) is 21.3 Å². The molecule has 0 aliphatic carbocycles. The number of benzene rings is 4. The van der Waals surface area contributed by atoms with Crippen molar-refractivity contribution in [3.05, 3.63) is 128 Å². The first-order chi connectivity index (χ1) is 19.2. The van der Waals surface area contributed by atoms with Crippen molar-refractivity contribution in [2.24, 2.45) is 10.1 Å². The van der Waals surface area contributed by atoms with E-state index >= 15 is 0 Å². The highest BCUT2D eigenvalue weighted by Gasteiger charge is 2.30. The van der Waals surface area contributed by atoms with Crippen molar-refractivity contribution < 1.29 is 17.9 Å². The molecule has 4 aromatic carbocycles. The minimum absolute atomic E-state index is 0.380. The van der Waals surface area contributed by atoms with Gasteiger partial charge in [-0.1, -0.05) is 48.0 Å². The molecule has 0 saturated heterocycles. The summed E-state index contributed by atoms with van der Waals surface area (Å²) in [5, 5.41) is 7.04. The molecule has 202 valence electrons. The molecule has 0 bridgehead atoms. The molecule has 0 aliphatic rings. The summed E-state index contributed by atoms with van der Waals surface area (Å²) < 4.78 is 47.9.